The van der Waals surface area contributed by atoms with Crippen LogP contribution in [-0.4, -0.2) is 18.3 Å². The third-order valence-corrected chi connectivity index (χ3v) is 3.25. The van der Waals surface area contributed by atoms with Gasteiger partial charge in [0.2, 0.25) is 0 Å². The smallest absolute Gasteiger partial charge is 0.139 e. The van der Waals surface area contributed by atoms with Gasteiger partial charge in [-0.3, -0.25) is 0 Å². The van der Waals surface area contributed by atoms with Gasteiger partial charge in [-0.15, -0.1) is 0 Å². The molecule has 96 valence electrons. The largest absolute Gasteiger partial charge is 0.397 e. The summed E-state index contributed by atoms with van der Waals surface area (Å²) in [5.41, 5.74) is 6.80. The second kappa shape index (κ2) is 5.69. The standard InChI is InChI=1S/C12H18BrFN2O/c1-12(2,3-4-17)7-16-11-6-9(14)8(13)5-10(11)15/h5-6,16-17H,3-4,7,15H2,1-2H3. The van der Waals surface area contributed by atoms with Gasteiger partial charge in [0.05, 0.1) is 15.8 Å². The summed E-state index contributed by atoms with van der Waals surface area (Å²) in [7, 11) is 0. The SMILES string of the molecule is CC(C)(CCO)CNc1cc(F)c(Br)cc1N. The molecule has 0 fully saturated rings. The predicted octanol–water partition coefficient (Wildman–Crippen LogP) is 2.99. The van der Waals surface area contributed by atoms with Crippen LogP contribution in [0.4, 0.5) is 15.8 Å². The molecule has 0 unspecified atom stereocenters. The molecule has 0 saturated carbocycles. The highest BCUT2D eigenvalue weighted by Crippen LogP contribution is 2.28. The van der Waals surface area contributed by atoms with E-state index in [1.54, 1.807) is 0 Å². The average Bonchev–Trinajstić information content (AvgIpc) is 2.21. The molecule has 1 rings (SSSR count). The van der Waals surface area contributed by atoms with E-state index >= 15 is 0 Å². The molecule has 0 aliphatic rings. The summed E-state index contributed by atoms with van der Waals surface area (Å²) in [6, 6.07) is 2.91. The summed E-state index contributed by atoms with van der Waals surface area (Å²) in [5, 5.41) is 12.0. The molecule has 0 saturated heterocycles. The van der Waals surface area contributed by atoms with E-state index in [9.17, 15) is 4.39 Å². The lowest BCUT2D eigenvalue weighted by molar-refractivity contribution is 0.220. The van der Waals surface area contributed by atoms with Gasteiger partial charge < -0.3 is 16.2 Å². The normalized spacial score (nSPS) is 11.6. The highest BCUT2D eigenvalue weighted by molar-refractivity contribution is 9.10. The van der Waals surface area contributed by atoms with E-state index < -0.39 is 0 Å². The van der Waals surface area contributed by atoms with Crippen LogP contribution in [0, 0.1) is 11.2 Å². The number of aliphatic hydroxyl groups excluding tert-OH is 1. The Bertz CT molecular complexity index is 396. The molecule has 0 aliphatic heterocycles. The third kappa shape index (κ3) is 4.16. The van der Waals surface area contributed by atoms with Crippen molar-refractivity contribution in [3.63, 3.8) is 0 Å². The van der Waals surface area contributed by atoms with Crippen molar-refractivity contribution in [2.24, 2.45) is 5.41 Å². The zero-order valence-electron chi connectivity index (χ0n) is 10.1. The molecule has 3 nitrogen and oxygen atoms in total. The minimum Gasteiger partial charge on any atom is -0.397 e. The van der Waals surface area contributed by atoms with Crippen molar-refractivity contribution in [3.05, 3.63) is 22.4 Å². The van der Waals surface area contributed by atoms with Gasteiger partial charge in [-0.05, 0) is 33.8 Å². The molecule has 1 aromatic carbocycles. The monoisotopic (exact) mass is 304 g/mol. The lowest BCUT2D eigenvalue weighted by Gasteiger charge is -2.25. The molecule has 0 aliphatic carbocycles. The van der Waals surface area contributed by atoms with Crippen molar-refractivity contribution >= 4 is 27.3 Å². The average molecular weight is 305 g/mol. The Morgan fingerprint density at radius 2 is 2.12 bits per heavy atom. The van der Waals surface area contributed by atoms with Gasteiger partial charge in [0, 0.05) is 19.2 Å². The molecule has 0 spiro atoms. The molecule has 5 heteroatoms. The summed E-state index contributed by atoms with van der Waals surface area (Å²) >= 11 is 3.08. The van der Waals surface area contributed by atoms with Crippen LogP contribution < -0.4 is 11.1 Å². The molecule has 0 amide bonds. The van der Waals surface area contributed by atoms with Gasteiger partial charge in [-0.25, -0.2) is 4.39 Å². The second-order valence-corrected chi connectivity index (χ2v) is 5.70. The number of rotatable bonds is 5. The molecular formula is C12H18BrFN2O. The second-order valence-electron chi connectivity index (χ2n) is 4.84. The van der Waals surface area contributed by atoms with Crippen LogP contribution in [0.5, 0.6) is 0 Å². The maximum Gasteiger partial charge on any atom is 0.139 e. The number of hydrogen-bond donors (Lipinski definition) is 3. The molecule has 0 aromatic heterocycles. The number of nitrogens with one attached hydrogen (secondary N) is 1. The summed E-state index contributed by atoms with van der Waals surface area (Å²) in [4.78, 5) is 0. The van der Waals surface area contributed by atoms with E-state index in [0.29, 0.717) is 28.8 Å². The summed E-state index contributed by atoms with van der Waals surface area (Å²) < 4.78 is 13.7. The number of hydrogen-bond acceptors (Lipinski definition) is 3. The summed E-state index contributed by atoms with van der Waals surface area (Å²) in [5.74, 6) is -0.346. The summed E-state index contributed by atoms with van der Waals surface area (Å²) in [6.45, 7) is 4.82. The Hall–Kier alpha value is -0.810. The predicted molar refractivity (Wildman–Crippen MR) is 72.5 cm³/mol. The van der Waals surface area contributed by atoms with Gasteiger partial charge in [0.1, 0.15) is 5.82 Å². The zero-order valence-corrected chi connectivity index (χ0v) is 11.6. The van der Waals surface area contributed by atoms with Crippen molar-refractivity contribution in [3.8, 4) is 0 Å². The molecule has 17 heavy (non-hydrogen) atoms. The first-order chi connectivity index (χ1) is 7.85. The van der Waals surface area contributed by atoms with Gasteiger partial charge in [-0.1, -0.05) is 13.8 Å². The van der Waals surface area contributed by atoms with E-state index in [-0.39, 0.29) is 17.8 Å². The van der Waals surface area contributed by atoms with Crippen molar-refractivity contribution in [2.75, 3.05) is 24.2 Å². The van der Waals surface area contributed by atoms with E-state index in [1.807, 2.05) is 13.8 Å². The number of halogens is 2. The van der Waals surface area contributed by atoms with Crippen LogP contribution >= 0.6 is 15.9 Å². The quantitative estimate of drug-likeness (QED) is 0.733. The Labute approximate surface area is 109 Å². The van der Waals surface area contributed by atoms with Gasteiger partial charge in [0.15, 0.2) is 0 Å². The first-order valence-corrected chi connectivity index (χ1v) is 6.24. The maximum atomic E-state index is 13.3. The highest BCUT2D eigenvalue weighted by atomic mass is 79.9. The van der Waals surface area contributed by atoms with Crippen LogP contribution in [0.2, 0.25) is 0 Å². The number of anilines is 2. The molecule has 0 radical (unpaired) electrons. The van der Waals surface area contributed by atoms with Crippen LogP contribution in [0.25, 0.3) is 0 Å². The van der Waals surface area contributed by atoms with Crippen LogP contribution in [0.1, 0.15) is 20.3 Å². The number of aliphatic hydroxyl groups is 1. The van der Waals surface area contributed by atoms with Gasteiger partial charge in [-0.2, -0.15) is 0 Å². The first-order valence-electron chi connectivity index (χ1n) is 5.45. The Morgan fingerprint density at radius 3 is 2.71 bits per heavy atom. The molecule has 0 heterocycles. The van der Waals surface area contributed by atoms with Crippen LogP contribution in [0.15, 0.2) is 16.6 Å². The third-order valence-electron chi connectivity index (χ3n) is 2.64. The fourth-order valence-corrected chi connectivity index (χ4v) is 1.80. The molecule has 4 N–H and O–H groups in total. The van der Waals surface area contributed by atoms with Crippen molar-refractivity contribution < 1.29 is 9.50 Å². The lowest BCUT2D eigenvalue weighted by Crippen LogP contribution is -2.24. The van der Waals surface area contributed by atoms with Gasteiger partial charge in [0.25, 0.3) is 0 Å². The van der Waals surface area contributed by atoms with Crippen molar-refractivity contribution in [1.82, 2.24) is 0 Å². The minimum absolute atomic E-state index is 0.0647. The highest BCUT2D eigenvalue weighted by Gasteiger charge is 2.17. The Morgan fingerprint density at radius 1 is 1.47 bits per heavy atom. The van der Waals surface area contributed by atoms with E-state index in [4.69, 9.17) is 10.8 Å². The molecule has 0 bridgehead atoms. The lowest BCUT2D eigenvalue weighted by atomic mass is 9.89. The number of nitrogen functional groups attached to an aromatic ring is 1. The van der Waals surface area contributed by atoms with E-state index in [0.717, 1.165) is 0 Å². The summed E-state index contributed by atoms with van der Waals surface area (Å²) in [6.07, 6.45) is 0.679. The van der Waals surface area contributed by atoms with Crippen molar-refractivity contribution in [2.45, 2.75) is 20.3 Å². The zero-order chi connectivity index (χ0) is 13.1. The molecule has 1 aromatic rings. The Kier molecular flexibility index (Phi) is 4.77. The fraction of sp³-hybridized carbons (Fsp3) is 0.500. The topological polar surface area (TPSA) is 58.3 Å². The van der Waals surface area contributed by atoms with E-state index in [2.05, 4.69) is 21.2 Å². The van der Waals surface area contributed by atoms with Crippen LogP contribution in [-0.2, 0) is 0 Å². The van der Waals surface area contributed by atoms with E-state index in [1.165, 1.54) is 12.1 Å². The molecular weight excluding hydrogens is 287 g/mol. The first kappa shape index (κ1) is 14.3. The fourth-order valence-electron chi connectivity index (χ4n) is 1.44. The minimum atomic E-state index is -0.346. The van der Waals surface area contributed by atoms with Crippen molar-refractivity contribution in [1.29, 1.82) is 0 Å². The van der Waals surface area contributed by atoms with Crippen LogP contribution in [0.3, 0.4) is 0 Å². The number of nitrogens with two attached hydrogens (primary N) is 1. The Balaban J connectivity index is 2.73. The maximum absolute atomic E-state index is 13.3. The molecule has 0 atom stereocenters. The number of benzene rings is 1. The van der Waals surface area contributed by atoms with Gasteiger partial charge >= 0.3 is 0 Å².